The van der Waals surface area contributed by atoms with Crippen molar-refractivity contribution in [2.24, 2.45) is 0 Å². The molecular weight excluding hydrogens is 259 g/mol. The molecule has 1 aliphatic carbocycles. The number of hydrogen-bond acceptors (Lipinski definition) is 5. The number of nitrogens with two attached hydrogens (primary N) is 1. The van der Waals surface area contributed by atoms with Crippen molar-refractivity contribution in [2.75, 3.05) is 18.2 Å². The zero-order valence-electron chi connectivity index (χ0n) is 11.1. The first-order chi connectivity index (χ1) is 9.65. The Kier molecular flexibility index (Phi) is 3.14. The number of benzene rings is 1. The van der Waals surface area contributed by atoms with Crippen molar-refractivity contribution in [3.8, 4) is 5.75 Å². The molecule has 1 aromatic carbocycles. The zero-order chi connectivity index (χ0) is 14.1. The fraction of sp³-hybridized carbons (Fsp3) is 0.286. The fourth-order valence-corrected chi connectivity index (χ4v) is 1.98. The van der Waals surface area contributed by atoms with Crippen molar-refractivity contribution in [3.63, 3.8) is 0 Å². The summed E-state index contributed by atoms with van der Waals surface area (Å²) in [5.41, 5.74) is 6.42. The van der Waals surface area contributed by atoms with E-state index in [1.807, 2.05) is 0 Å². The van der Waals surface area contributed by atoms with Crippen LogP contribution in [0.4, 0.5) is 21.7 Å². The maximum Gasteiger partial charge on any atom is 0.145 e. The van der Waals surface area contributed by atoms with Gasteiger partial charge in [0.2, 0.25) is 0 Å². The van der Waals surface area contributed by atoms with E-state index in [0.717, 1.165) is 18.7 Å². The van der Waals surface area contributed by atoms with E-state index in [2.05, 4.69) is 15.3 Å². The van der Waals surface area contributed by atoms with Gasteiger partial charge in [0.15, 0.2) is 0 Å². The second-order valence-corrected chi connectivity index (χ2v) is 4.78. The molecule has 6 heteroatoms. The van der Waals surface area contributed by atoms with Crippen LogP contribution in [0.2, 0.25) is 0 Å². The van der Waals surface area contributed by atoms with Gasteiger partial charge in [0.25, 0.3) is 0 Å². The van der Waals surface area contributed by atoms with E-state index in [0.29, 0.717) is 29.0 Å². The molecule has 1 heterocycles. The average Bonchev–Trinajstić information content (AvgIpc) is 3.24. The van der Waals surface area contributed by atoms with Crippen molar-refractivity contribution in [2.45, 2.75) is 18.8 Å². The summed E-state index contributed by atoms with van der Waals surface area (Å²) in [5, 5.41) is 3.09. The molecule has 0 radical (unpaired) electrons. The molecule has 1 aromatic heterocycles. The summed E-state index contributed by atoms with van der Waals surface area (Å²) in [6, 6.07) is 5.92. The molecule has 0 amide bonds. The number of anilines is 3. The second kappa shape index (κ2) is 4.96. The van der Waals surface area contributed by atoms with E-state index >= 15 is 0 Å². The Bertz CT molecular complexity index is 643. The Morgan fingerprint density at radius 3 is 2.80 bits per heavy atom. The largest absolute Gasteiger partial charge is 0.494 e. The van der Waals surface area contributed by atoms with Crippen molar-refractivity contribution >= 4 is 17.3 Å². The molecule has 0 aliphatic heterocycles. The number of nitrogens with one attached hydrogen (secondary N) is 1. The van der Waals surface area contributed by atoms with Gasteiger partial charge in [0, 0.05) is 18.1 Å². The lowest BCUT2D eigenvalue weighted by Gasteiger charge is -2.11. The second-order valence-electron chi connectivity index (χ2n) is 4.78. The molecule has 1 fully saturated rings. The molecular formula is C14H15FN4O. The molecule has 0 atom stereocenters. The molecule has 3 N–H and O–H groups in total. The van der Waals surface area contributed by atoms with Gasteiger partial charge in [-0.1, -0.05) is 0 Å². The zero-order valence-corrected chi connectivity index (χ0v) is 11.1. The molecule has 3 rings (SSSR count). The summed E-state index contributed by atoms with van der Waals surface area (Å²) < 4.78 is 18.3. The van der Waals surface area contributed by atoms with Crippen molar-refractivity contribution in [1.29, 1.82) is 0 Å². The Morgan fingerprint density at radius 1 is 1.30 bits per heavy atom. The number of hydrogen-bond donors (Lipinski definition) is 2. The lowest BCUT2D eigenvalue weighted by molar-refractivity contribution is 0.413. The first kappa shape index (κ1) is 12.7. The molecule has 0 saturated heterocycles. The highest BCUT2D eigenvalue weighted by Crippen LogP contribution is 2.39. The van der Waals surface area contributed by atoms with Gasteiger partial charge in [-0.25, -0.2) is 14.4 Å². The van der Waals surface area contributed by atoms with Gasteiger partial charge in [-0.2, -0.15) is 0 Å². The predicted octanol–water partition coefficient (Wildman–Crippen LogP) is 2.83. The third-order valence-electron chi connectivity index (χ3n) is 3.13. The number of aromatic nitrogens is 2. The van der Waals surface area contributed by atoms with E-state index in [1.165, 1.54) is 19.2 Å². The molecule has 0 unspecified atom stereocenters. The topological polar surface area (TPSA) is 73.1 Å². The lowest BCUT2D eigenvalue weighted by atomic mass is 10.2. The lowest BCUT2D eigenvalue weighted by Crippen LogP contribution is -2.03. The van der Waals surface area contributed by atoms with Crippen LogP contribution in [0.1, 0.15) is 24.6 Å². The molecule has 1 aliphatic rings. The third kappa shape index (κ3) is 2.64. The number of ether oxygens (including phenoxy) is 1. The number of nitrogens with zero attached hydrogens (tertiary/aromatic N) is 2. The van der Waals surface area contributed by atoms with E-state index in [9.17, 15) is 4.39 Å². The summed E-state index contributed by atoms with van der Waals surface area (Å²) in [7, 11) is 1.49. The maximum absolute atomic E-state index is 13.2. The Labute approximate surface area is 116 Å². The first-order valence-corrected chi connectivity index (χ1v) is 6.41. The average molecular weight is 274 g/mol. The smallest absolute Gasteiger partial charge is 0.145 e. The predicted molar refractivity (Wildman–Crippen MR) is 74.7 cm³/mol. The highest BCUT2D eigenvalue weighted by atomic mass is 19.1. The SMILES string of the molecule is COc1cc(F)ccc1Nc1cc(N)nc(C2CC2)n1. The number of methoxy groups -OCH3 is 1. The minimum atomic E-state index is -0.353. The van der Waals surface area contributed by atoms with Crippen LogP contribution in [0.15, 0.2) is 24.3 Å². The van der Waals surface area contributed by atoms with Crippen LogP contribution < -0.4 is 15.8 Å². The Morgan fingerprint density at radius 2 is 2.10 bits per heavy atom. The molecule has 2 aromatic rings. The minimum Gasteiger partial charge on any atom is -0.494 e. The molecule has 5 nitrogen and oxygen atoms in total. The van der Waals surface area contributed by atoms with Gasteiger partial charge < -0.3 is 15.8 Å². The third-order valence-corrected chi connectivity index (χ3v) is 3.13. The van der Waals surface area contributed by atoms with Gasteiger partial charge in [0.05, 0.1) is 12.8 Å². The van der Waals surface area contributed by atoms with Crippen LogP contribution in [0.25, 0.3) is 0 Å². The highest BCUT2D eigenvalue weighted by molar-refractivity contribution is 5.65. The van der Waals surface area contributed by atoms with Crippen LogP contribution >= 0.6 is 0 Å². The molecule has 0 spiro atoms. The molecule has 104 valence electrons. The number of rotatable bonds is 4. The van der Waals surface area contributed by atoms with Gasteiger partial charge in [-0.15, -0.1) is 0 Å². The van der Waals surface area contributed by atoms with Gasteiger partial charge in [-0.05, 0) is 25.0 Å². The normalized spacial score (nSPS) is 14.1. The highest BCUT2D eigenvalue weighted by Gasteiger charge is 2.27. The quantitative estimate of drug-likeness (QED) is 0.896. The fourth-order valence-electron chi connectivity index (χ4n) is 1.98. The van der Waals surface area contributed by atoms with Crippen LogP contribution in [0.3, 0.4) is 0 Å². The maximum atomic E-state index is 13.2. The van der Waals surface area contributed by atoms with E-state index in [4.69, 9.17) is 10.5 Å². The van der Waals surface area contributed by atoms with Gasteiger partial charge >= 0.3 is 0 Å². The Hall–Kier alpha value is -2.37. The summed E-state index contributed by atoms with van der Waals surface area (Å²) in [6.07, 6.45) is 2.20. The van der Waals surface area contributed by atoms with Crippen LogP contribution in [0, 0.1) is 5.82 Å². The number of nitrogen functional groups attached to an aromatic ring is 1. The van der Waals surface area contributed by atoms with E-state index in [1.54, 1.807) is 12.1 Å². The minimum absolute atomic E-state index is 0.353. The summed E-state index contributed by atoms with van der Waals surface area (Å²) in [5.74, 6) is 2.24. The molecule has 1 saturated carbocycles. The standard InChI is InChI=1S/C14H15FN4O/c1-20-11-6-9(15)4-5-10(11)17-13-7-12(16)18-14(19-13)8-2-3-8/h4-8H,2-3H2,1H3,(H3,16,17,18,19). The molecule has 0 bridgehead atoms. The van der Waals surface area contributed by atoms with Crippen LogP contribution in [-0.2, 0) is 0 Å². The van der Waals surface area contributed by atoms with Crippen molar-refractivity contribution in [3.05, 3.63) is 35.9 Å². The summed E-state index contributed by atoms with van der Waals surface area (Å²) >= 11 is 0. The van der Waals surface area contributed by atoms with E-state index in [-0.39, 0.29) is 5.82 Å². The Balaban J connectivity index is 1.90. The van der Waals surface area contributed by atoms with Crippen molar-refractivity contribution in [1.82, 2.24) is 9.97 Å². The summed E-state index contributed by atoms with van der Waals surface area (Å²) in [6.45, 7) is 0. The monoisotopic (exact) mass is 274 g/mol. The summed E-state index contributed by atoms with van der Waals surface area (Å²) in [4.78, 5) is 8.67. The van der Waals surface area contributed by atoms with Crippen LogP contribution in [0.5, 0.6) is 5.75 Å². The van der Waals surface area contributed by atoms with Crippen molar-refractivity contribution < 1.29 is 9.13 Å². The van der Waals surface area contributed by atoms with E-state index < -0.39 is 0 Å². The van der Waals surface area contributed by atoms with Gasteiger partial charge in [-0.3, -0.25) is 0 Å². The number of halogens is 1. The first-order valence-electron chi connectivity index (χ1n) is 6.41. The van der Waals surface area contributed by atoms with Gasteiger partial charge in [0.1, 0.15) is 29.0 Å². The van der Waals surface area contributed by atoms with Crippen LogP contribution in [-0.4, -0.2) is 17.1 Å². The molecule has 20 heavy (non-hydrogen) atoms.